The first-order valence-electron chi connectivity index (χ1n) is 7.25. The monoisotopic (exact) mass is 352 g/mol. The normalized spacial score (nSPS) is 11.1. The van der Waals surface area contributed by atoms with Crippen molar-refractivity contribution in [1.82, 2.24) is 0 Å². The SMILES string of the molecule is COC(=O)c1cc(OCc2ccccc2)cc(C(F)(F)F)c1C(C)=O. The molecule has 0 N–H and O–H groups in total. The zero-order valence-corrected chi connectivity index (χ0v) is 13.5. The predicted molar refractivity (Wildman–Crippen MR) is 83.6 cm³/mol. The van der Waals surface area contributed by atoms with Crippen molar-refractivity contribution in [1.29, 1.82) is 0 Å². The van der Waals surface area contributed by atoms with Crippen LogP contribution in [0.3, 0.4) is 0 Å². The number of alkyl halides is 3. The lowest BCUT2D eigenvalue weighted by molar-refractivity contribution is -0.138. The second-order valence-electron chi connectivity index (χ2n) is 5.21. The van der Waals surface area contributed by atoms with Gasteiger partial charge in [0.2, 0.25) is 0 Å². The van der Waals surface area contributed by atoms with Crippen molar-refractivity contribution in [3.63, 3.8) is 0 Å². The van der Waals surface area contributed by atoms with Crippen molar-refractivity contribution >= 4 is 11.8 Å². The van der Waals surface area contributed by atoms with Gasteiger partial charge in [0.1, 0.15) is 12.4 Å². The van der Waals surface area contributed by atoms with Gasteiger partial charge in [-0.2, -0.15) is 13.2 Å². The summed E-state index contributed by atoms with van der Waals surface area (Å²) in [4.78, 5) is 23.5. The van der Waals surface area contributed by atoms with E-state index in [2.05, 4.69) is 4.74 Å². The Labute approximate surface area is 142 Å². The maximum absolute atomic E-state index is 13.3. The molecule has 7 heteroatoms. The van der Waals surface area contributed by atoms with E-state index in [1.807, 2.05) is 0 Å². The second-order valence-corrected chi connectivity index (χ2v) is 5.21. The largest absolute Gasteiger partial charge is 0.489 e. The summed E-state index contributed by atoms with van der Waals surface area (Å²) in [6.07, 6.45) is -4.82. The summed E-state index contributed by atoms with van der Waals surface area (Å²) in [6, 6.07) is 10.6. The highest BCUT2D eigenvalue weighted by molar-refractivity contribution is 6.06. The maximum Gasteiger partial charge on any atom is 0.417 e. The molecule has 0 spiro atoms. The lowest BCUT2D eigenvalue weighted by Gasteiger charge is -2.17. The smallest absolute Gasteiger partial charge is 0.417 e. The molecule has 0 radical (unpaired) electrons. The molecule has 0 unspecified atom stereocenters. The third kappa shape index (κ3) is 4.37. The topological polar surface area (TPSA) is 52.6 Å². The van der Waals surface area contributed by atoms with Crippen LogP contribution in [0.2, 0.25) is 0 Å². The highest BCUT2D eigenvalue weighted by Gasteiger charge is 2.37. The van der Waals surface area contributed by atoms with Gasteiger partial charge >= 0.3 is 12.1 Å². The molecule has 2 aromatic rings. The van der Waals surface area contributed by atoms with Crippen LogP contribution in [0, 0.1) is 0 Å². The number of carbonyl (C=O) groups is 2. The molecular formula is C18H15F3O4. The van der Waals surface area contributed by atoms with Crippen LogP contribution >= 0.6 is 0 Å². The summed E-state index contributed by atoms with van der Waals surface area (Å²) in [5, 5.41) is 0. The summed E-state index contributed by atoms with van der Waals surface area (Å²) in [6.45, 7) is 0.972. The van der Waals surface area contributed by atoms with Crippen molar-refractivity contribution in [2.24, 2.45) is 0 Å². The van der Waals surface area contributed by atoms with Crippen LogP contribution < -0.4 is 4.74 Å². The summed E-state index contributed by atoms with van der Waals surface area (Å²) < 4.78 is 49.9. The van der Waals surface area contributed by atoms with Crippen molar-refractivity contribution in [2.45, 2.75) is 19.7 Å². The molecule has 0 atom stereocenters. The van der Waals surface area contributed by atoms with Gasteiger partial charge in [-0.15, -0.1) is 0 Å². The Bertz CT molecular complexity index is 783. The van der Waals surface area contributed by atoms with E-state index in [1.54, 1.807) is 30.3 Å². The standard InChI is InChI=1S/C18H15F3O4/c1-11(22)16-14(17(23)24-2)8-13(9-15(16)18(19,20)21)25-10-12-6-4-3-5-7-12/h3-9H,10H2,1-2H3. The summed E-state index contributed by atoms with van der Waals surface area (Å²) in [7, 11) is 1.02. The number of hydrogen-bond donors (Lipinski definition) is 0. The number of ether oxygens (including phenoxy) is 2. The van der Waals surface area contributed by atoms with Crippen molar-refractivity contribution < 1.29 is 32.2 Å². The molecule has 0 amide bonds. The van der Waals surface area contributed by atoms with E-state index in [0.29, 0.717) is 6.07 Å². The Morgan fingerprint density at radius 1 is 1.08 bits per heavy atom. The predicted octanol–water partition coefficient (Wildman–Crippen LogP) is 4.27. The van der Waals surface area contributed by atoms with Gasteiger partial charge in [0, 0.05) is 5.56 Å². The first-order chi connectivity index (χ1) is 11.7. The van der Waals surface area contributed by atoms with Gasteiger partial charge in [-0.3, -0.25) is 4.79 Å². The van der Waals surface area contributed by atoms with Crippen molar-refractivity contribution in [2.75, 3.05) is 7.11 Å². The van der Waals surface area contributed by atoms with E-state index >= 15 is 0 Å². The van der Waals surface area contributed by atoms with Gasteiger partial charge in [-0.25, -0.2) is 4.79 Å². The Hall–Kier alpha value is -2.83. The number of methoxy groups -OCH3 is 1. The van der Waals surface area contributed by atoms with Crippen molar-refractivity contribution in [3.05, 3.63) is 64.7 Å². The molecule has 0 saturated carbocycles. The van der Waals surface area contributed by atoms with E-state index < -0.39 is 34.6 Å². The third-order valence-corrected chi connectivity index (χ3v) is 3.42. The lowest BCUT2D eigenvalue weighted by Crippen LogP contribution is -2.18. The highest BCUT2D eigenvalue weighted by Crippen LogP contribution is 2.37. The molecule has 2 rings (SSSR count). The average Bonchev–Trinajstić information content (AvgIpc) is 2.58. The van der Waals surface area contributed by atoms with E-state index in [-0.39, 0.29) is 12.4 Å². The number of Topliss-reactive ketones (excluding diaryl/α,β-unsaturated/α-hetero) is 1. The first kappa shape index (κ1) is 18.5. The number of halogens is 3. The van der Waals surface area contributed by atoms with Crippen LogP contribution in [0.5, 0.6) is 5.75 Å². The number of hydrogen-bond acceptors (Lipinski definition) is 4. The number of carbonyl (C=O) groups excluding carboxylic acids is 2. The van der Waals surface area contributed by atoms with Crippen molar-refractivity contribution in [3.8, 4) is 5.75 Å². The minimum atomic E-state index is -4.82. The number of ketones is 1. The molecule has 0 fully saturated rings. The maximum atomic E-state index is 13.3. The fourth-order valence-corrected chi connectivity index (χ4v) is 2.31. The number of rotatable bonds is 5. The zero-order chi connectivity index (χ0) is 18.6. The van der Waals surface area contributed by atoms with Gasteiger partial charge in [0.15, 0.2) is 5.78 Å². The molecule has 25 heavy (non-hydrogen) atoms. The molecule has 0 aliphatic rings. The lowest BCUT2D eigenvalue weighted by atomic mass is 9.97. The molecule has 2 aromatic carbocycles. The third-order valence-electron chi connectivity index (χ3n) is 3.42. The fourth-order valence-electron chi connectivity index (χ4n) is 2.31. The second kappa shape index (κ2) is 7.38. The van der Waals surface area contributed by atoms with Gasteiger partial charge in [0.05, 0.1) is 18.2 Å². The molecule has 0 aliphatic heterocycles. The van der Waals surface area contributed by atoms with Crippen LogP contribution in [0.15, 0.2) is 42.5 Å². The van der Waals surface area contributed by atoms with E-state index in [0.717, 1.165) is 25.7 Å². The van der Waals surface area contributed by atoms with Crippen LogP contribution in [0.25, 0.3) is 0 Å². The molecule has 0 aromatic heterocycles. The van der Waals surface area contributed by atoms with Crippen LogP contribution in [0.4, 0.5) is 13.2 Å². The minimum Gasteiger partial charge on any atom is -0.489 e. The van der Waals surface area contributed by atoms with Gasteiger partial charge in [-0.05, 0) is 24.6 Å². The Kier molecular flexibility index (Phi) is 5.46. The van der Waals surface area contributed by atoms with Gasteiger partial charge < -0.3 is 9.47 Å². The zero-order valence-electron chi connectivity index (χ0n) is 13.5. The van der Waals surface area contributed by atoms with Gasteiger partial charge in [-0.1, -0.05) is 30.3 Å². The quantitative estimate of drug-likeness (QED) is 0.596. The van der Waals surface area contributed by atoms with E-state index in [9.17, 15) is 22.8 Å². The Morgan fingerprint density at radius 2 is 1.72 bits per heavy atom. The summed E-state index contributed by atoms with van der Waals surface area (Å²) in [5.74, 6) is -2.11. The van der Waals surface area contributed by atoms with Gasteiger partial charge in [0.25, 0.3) is 0 Å². The highest BCUT2D eigenvalue weighted by atomic mass is 19.4. The first-order valence-corrected chi connectivity index (χ1v) is 7.25. The molecule has 0 bridgehead atoms. The van der Waals surface area contributed by atoms with E-state index in [1.165, 1.54) is 0 Å². The molecule has 0 aliphatic carbocycles. The molecule has 0 saturated heterocycles. The number of esters is 1. The van der Waals surface area contributed by atoms with Crippen LogP contribution in [0.1, 0.15) is 38.8 Å². The molecule has 4 nitrogen and oxygen atoms in total. The molecule has 0 heterocycles. The number of benzene rings is 2. The van der Waals surface area contributed by atoms with Crippen LogP contribution in [-0.2, 0) is 17.5 Å². The molecule has 132 valence electrons. The Balaban J connectivity index is 2.50. The summed E-state index contributed by atoms with van der Waals surface area (Å²) >= 11 is 0. The fraction of sp³-hybridized carbons (Fsp3) is 0.222. The minimum absolute atomic E-state index is 0.0121. The van der Waals surface area contributed by atoms with Crippen LogP contribution in [-0.4, -0.2) is 18.9 Å². The molecular weight excluding hydrogens is 337 g/mol. The summed E-state index contributed by atoms with van der Waals surface area (Å²) in [5.41, 5.74) is -1.70. The Morgan fingerprint density at radius 3 is 2.24 bits per heavy atom. The van der Waals surface area contributed by atoms with E-state index in [4.69, 9.17) is 4.74 Å². The average molecular weight is 352 g/mol.